The van der Waals surface area contributed by atoms with Gasteiger partial charge in [-0.2, -0.15) is 0 Å². The summed E-state index contributed by atoms with van der Waals surface area (Å²) in [5.41, 5.74) is 2.17. The van der Waals surface area contributed by atoms with Crippen LogP contribution in [0.2, 0.25) is 0 Å². The molecule has 0 aliphatic heterocycles. The minimum absolute atomic E-state index is 0.0619. The van der Waals surface area contributed by atoms with E-state index in [1.165, 1.54) is 0 Å². The third kappa shape index (κ3) is 2.88. The van der Waals surface area contributed by atoms with E-state index in [1.807, 2.05) is 30.6 Å². The molecule has 4 nitrogen and oxygen atoms in total. The molecule has 2 aromatic heterocycles. The van der Waals surface area contributed by atoms with E-state index in [4.69, 9.17) is 0 Å². The molecule has 1 amide bonds. The van der Waals surface area contributed by atoms with E-state index in [1.54, 1.807) is 11.3 Å². The Morgan fingerprint density at radius 2 is 2.45 bits per heavy atom. The molecule has 0 saturated carbocycles. The van der Waals surface area contributed by atoms with Crippen LogP contribution in [0.15, 0.2) is 23.7 Å². The molecule has 20 heavy (non-hydrogen) atoms. The Bertz CT molecular complexity index is 610. The van der Waals surface area contributed by atoms with Crippen molar-refractivity contribution in [2.75, 3.05) is 0 Å². The molecule has 0 spiro atoms. The Kier molecular flexibility index (Phi) is 3.78. The van der Waals surface area contributed by atoms with Crippen molar-refractivity contribution in [1.29, 1.82) is 0 Å². The average molecular weight is 287 g/mol. The zero-order chi connectivity index (χ0) is 13.9. The molecule has 0 saturated heterocycles. The quantitative estimate of drug-likeness (QED) is 0.944. The van der Waals surface area contributed by atoms with Crippen molar-refractivity contribution in [3.63, 3.8) is 0 Å². The molecule has 2 aromatic rings. The fourth-order valence-electron chi connectivity index (χ4n) is 2.61. The van der Waals surface area contributed by atoms with Gasteiger partial charge in [0, 0.05) is 22.3 Å². The fraction of sp³-hybridized carbons (Fsp3) is 0.400. The van der Waals surface area contributed by atoms with Crippen LogP contribution in [-0.2, 0) is 17.6 Å². The number of aromatic nitrogens is 2. The van der Waals surface area contributed by atoms with E-state index < -0.39 is 0 Å². The van der Waals surface area contributed by atoms with Gasteiger partial charge in [0.2, 0.25) is 5.91 Å². The van der Waals surface area contributed by atoms with Gasteiger partial charge in [0.15, 0.2) is 0 Å². The molecule has 1 aliphatic carbocycles. The summed E-state index contributed by atoms with van der Waals surface area (Å²) < 4.78 is 0. The number of fused-ring (bicyclic) bond motifs is 1. The molecule has 0 fully saturated rings. The highest BCUT2D eigenvalue weighted by Gasteiger charge is 2.23. The predicted molar refractivity (Wildman–Crippen MR) is 78.6 cm³/mol. The van der Waals surface area contributed by atoms with Crippen molar-refractivity contribution in [2.45, 2.75) is 38.6 Å². The molecule has 1 aliphatic rings. The summed E-state index contributed by atoms with van der Waals surface area (Å²) in [7, 11) is 0. The molecular formula is C15H17N3OS. The van der Waals surface area contributed by atoms with Crippen molar-refractivity contribution in [1.82, 2.24) is 15.3 Å². The first-order valence-electron chi connectivity index (χ1n) is 6.86. The van der Waals surface area contributed by atoms with Gasteiger partial charge in [-0.05, 0) is 37.6 Å². The molecule has 104 valence electrons. The number of amides is 1. The molecule has 0 aromatic carbocycles. The Morgan fingerprint density at radius 3 is 3.25 bits per heavy atom. The second-order valence-corrected chi connectivity index (χ2v) is 6.12. The SMILES string of the molecule is Cc1ncc2c(n1)CCCC2NC(=O)Cc1cccs1. The predicted octanol–water partition coefficient (Wildman–Crippen LogP) is 2.58. The fourth-order valence-corrected chi connectivity index (χ4v) is 3.32. The third-order valence-electron chi connectivity index (χ3n) is 3.55. The first kappa shape index (κ1) is 13.2. The van der Waals surface area contributed by atoms with Gasteiger partial charge in [0.05, 0.1) is 12.5 Å². The van der Waals surface area contributed by atoms with Gasteiger partial charge in [0.25, 0.3) is 0 Å². The molecule has 1 unspecified atom stereocenters. The molecule has 3 rings (SSSR count). The minimum atomic E-state index is 0.0619. The summed E-state index contributed by atoms with van der Waals surface area (Å²) in [6.07, 6.45) is 5.34. The molecule has 1 atom stereocenters. The maximum atomic E-state index is 12.1. The lowest BCUT2D eigenvalue weighted by Crippen LogP contribution is -2.32. The van der Waals surface area contributed by atoms with Crippen LogP contribution in [0.4, 0.5) is 0 Å². The summed E-state index contributed by atoms with van der Waals surface area (Å²) in [5.74, 6) is 0.875. The van der Waals surface area contributed by atoms with Crippen molar-refractivity contribution < 1.29 is 4.79 Å². The van der Waals surface area contributed by atoms with Crippen LogP contribution < -0.4 is 5.32 Å². The number of rotatable bonds is 3. The smallest absolute Gasteiger partial charge is 0.225 e. The van der Waals surface area contributed by atoms with E-state index in [0.29, 0.717) is 6.42 Å². The van der Waals surface area contributed by atoms with Crippen LogP contribution in [0.5, 0.6) is 0 Å². The van der Waals surface area contributed by atoms with E-state index in [0.717, 1.165) is 41.2 Å². The lowest BCUT2D eigenvalue weighted by atomic mass is 9.92. The van der Waals surface area contributed by atoms with Crippen molar-refractivity contribution in [3.8, 4) is 0 Å². The second kappa shape index (κ2) is 5.71. The zero-order valence-corrected chi connectivity index (χ0v) is 12.2. The number of nitrogens with zero attached hydrogens (tertiary/aromatic N) is 2. The third-order valence-corrected chi connectivity index (χ3v) is 4.43. The molecule has 2 heterocycles. The monoisotopic (exact) mass is 287 g/mol. The molecule has 5 heteroatoms. The average Bonchev–Trinajstić information content (AvgIpc) is 2.91. The number of hydrogen-bond donors (Lipinski definition) is 1. The normalized spacial score (nSPS) is 17.6. The largest absolute Gasteiger partial charge is 0.349 e. The van der Waals surface area contributed by atoms with Crippen LogP contribution >= 0.6 is 11.3 Å². The topological polar surface area (TPSA) is 54.9 Å². The lowest BCUT2D eigenvalue weighted by Gasteiger charge is -2.25. The first-order valence-corrected chi connectivity index (χ1v) is 7.74. The highest BCUT2D eigenvalue weighted by atomic mass is 32.1. The van der Waals surface area contributed by atoms with E-state index >= 15 is 0 Å². The highest BCUT2D eigenvalue weighted by molar-refractivity contribution is 7.10. The van der Waals surface area contributed by atoms with Crippen LogP contribution in [-0.4, -0.2) is 15.9 Å². The number of carbonyl (C=O) groups excluding carboxylic acids is 1. The molecule has 1 N–H and O–H groups in total. The van der Waals surface area contributed by atoms with Gasteiger partial charge < -0.3 is 5.32 Å². The van der Waals surface area contributed by atoms with Crippen LogP contribution in [0.1, 0.15) is 40.8 Å². The zero-order valence-electron chi connectivity index (χ0n) is 11.4. The Labute approximate surface area is 122 Å². The van der Waals surface area contributed by atoms with Crippen LogP contribution in [0.25, 0.3) is 0 Å². The maximum Gasteiger partial charge on any atom is 0.225 e. The lowest BCUT2D eigenvalue weighted by molar-refractivity contribution is -0.121. The Morgan fingerprint density at radius 1 is 1.55 bits per heavy atom. The number of hydrogen-bond acceptors (Lipinski definition) is 4. The number of nitrogens with one attached hydrogen (secondary N) is 1. The van der Waals surface area contributed by atoms with Gasteiger partial charge in [-0.1, -0.05) is 6.07 Å². The summed E-state index contributed by atoms with van der Waals surface area (Å²) in [4.78, 5) is 22.0. The standard InChI is InChI=1S/C15H17N3OS/c1-10-16-9-12-13(17-10)5-2-6-14(12)18-15(19)8-11-4-3-7-20-11/h3-4,7,9,14H,2,5-6,8H2,1H3,(H,18,19). The van der Waals surface area contributed by atoms with Gasteiger partial charge in [-0.15, -0.1) is 11.3 Å². The summed E-state index contributed by atoms with van der Waals surface area (Å²) in [5, 5.41) is 5.12. The van der Waals surface area contributed by atoms with Gasteiger partial charge in [-0.3, -0.25) is 4.79 Å². The molecular weight excluding hydrogens is 270 g/mol. The van der Waals surface area contributed by atoms with Crippen LogP contribution in [0, 0.1) is 6.92 Å². The Balaban J connectivity index is 1.71. The maximum absolute atomic E-state index is 12.1. The van der Waals surface area contributed by atoms with Gasteiger partial charge in [0.1, 0.15) is 5.82 Å². The van der Waals surface area contributed by atoms with Gasteiger partial charge in [-0.25, -0.2) is 9.97 Å². The van der Waals surface area contributed by atoms with Crippen molar-refractivity contribution in [3.05, 3.63) is 45.7 Å². The summed E-state index contributed by atoms with van der Waals surface area (Å²) in [6, 6.07) is 4.03. The first-order chi connectivity index (χ1) is 9.72. The molecule has 0 radical (unpaired) electrons. The number of carbonyl (C=O) groups is 1. The summed E-state index contributed by atoms with van der Waals surface area (Å²) in [6.45, 7) is 1.90. The Hall–Kier alpha value is -1.75. The van der Waals surface area contributed by atoms with E-state index in [9.17, 15) is 4.79 Å². The van der Waals surface area contributed by atoms with E-state index in [2.05, 4.69) is 15.3 Å². The van der Waals surface area contributed by atoms with Gasteiger partial charge >= 0.3 is 0 Å². The second-order valence-electron chi connectivity index (χ2n) is 5.09. The minimum Gasteiger partial charge on any atom is -0.349 e. The van der Waals surface area contributed by atoms with Crippen LogP contribution in [0.3, 0.4) is 0 Å². The molecule has 0 bridgehead atoms. The summed E-state index contributed by atoms with van der Waals surface area (Å²) >= 11 is 1.62. The number of thiophene rings is 1. The van der Waals surface area contributed by atoms with E-state index in [-0.39, 0.29) is 11.9 Å². The van der Waals surface area contributed by atoms with Crippen molar-refractivity contribution in [2.24, 2.45) is 0 Å². The van der Waals surface area contributed by atoms with Crippen molar-refractivity contribution >= 4 is 17.2 Å². The number of aryl methyl sites for hydroxylation is 2. The highest BCUT2D eigenvalue weighted by Crippen LogP contribution is 2.28.